The van der Waals surface area contributed by atoms with E-state index >= 15 is 0 Å². The Hall–Kier alpha value is -1.63. The summed E-state index contributed by atoms with van der Waals surface area (Å²) in [5.74, 6) is -1.87. The van der Waals surface area contributed by atoms with Gasteiger partial charge in [-0.05, 0) is 12.8 Å². The van der Waals surface area contributed by atoms with Gasteiger partial charge in [0.15, 0.2) is 6.10 Å². The van der Waals surface area contributed by atoms with Crippen molar-refractivity contribution >= 4 is 17.8 Å². The zero-order valence-corrected chi connectivity index (χ0v) is 10.5. The second-order valence-electron chi connectivity index (χ2n) is 5.11. The molecule has 0 spiro atoms. The van der Waals surface area contributed by atoms with E-state index in [-0.39, 0.29) is 37.1 Å². The summed E-state index contributed by atoms with van der Waals surface area (Å²) in [6.07, 6.45) is 0.765. The molecule has 2 atom stereocenters. The van der Waals surface area contributed by atoms with Crippen molar-refractivity contribution in [2.45, 2.75) is 37.8 Å². The minimum absolute atomic E-state index is 0.0215. The Balaban J connectivity index is 1.72. The Morgan fingerprint density at radius 1 is 1.42 bits per heavy atom. The number of hydrogen-bond donors (Lipinski definition) is 3. The smallest absolute Gasteiger partial charge is 0.332 e. The van der Waals surface area contributed by atoms with Crippen LogP contribution in [0.25, 0.3) is 0 Å². The molecule has 0 aromatic rings. The maximum atomic E-state index is 11.8. The van der Waals surface area contributed by atoms with E-state index in [0.717, 1.165) is 12.8 Å². The maximum Gasteiger partial charge on any atom is 0.332 e. The number of carboxylic acid groups (broad SMARTS) is 1. The van der Waals surface area contributed by atoms with E-state index in [1.807, 2.05) is 0 Å². The van der Waals surface area contributed by atoms with Gasteiger partial charge in [0.05, 0.1) is 5.92 Å². The Morgan fingerprint density at radius 3 is 2.68 bits per heavy atom. The highest BCUT2D eigenvalue weighted by molar-refractivity contribution is 5.89. The van der Waals surface area contributed by atoms with Crippen LogP contribution in [0.15, 0.2) is 0 Å². The summed E-state index contributed by atoms with van der Waals surface area (Å²) in [4.78, 5) is 35.6. The van der Waals surface area contributed by atoms with Gasteiger partial charge in [-0.1, -0.05) is 0 Å². The molecule has 7 heteroatoms. The van der Waals surface area contributed by atoms with Crippen LogP contribution in [-0.4, -0.2) is 58.1 Å². The fourth-order valence-electron chi connectivity index (χ4n) is 2.25. The first-order valence-corrected chi connectivity index (χ1v) is 6.47. The van der Waals surface area contributed by atoms with E-state index in [9.17, 15) is 14.4 Å². The average molecular weight is 270 g/mol. The van der Waals surface area contributed by atoms with Crippen molar-refractivity contribution < 1.29 is 24.6 Å². The Kier molecular flexibility index (Phi) is 4.04. The van der Waals surface area contributed by atoms with Gasteiger partial charge in [0.2, 0.25) is 11.8 Å². The summed E-state index contributed by atoms with van der Waals surface area (Å²) < 4.78 is 0. The third-order valence-electron chi connectivity index (χ3n) is 3.52. The predicted octanol–water partition coefficient (Wildman–Crippen LogP) is -1.05. The van der Waals surface area contributed by atoms with E-state index < -0.39 is 12.1 Å². The largest absolute Gasteiger partial charge is 0.479 e. The molecule has 1 saturated carbocycles. The van der Waals surface area contributed by atoms with Gasteiger partial charge >= 0.3 is 5.97 Å². The highest BCUT2D eigenvalue weighted by Gasteiger charge is 2.41. The topological polar surface area (TPSA) is 107 Å². The zero-order chi connectivity index (χ0) is 14.0. The first kappa shape index (κ1) is 13.8. The first-order valence-electron chi connectivity index (χ1n) is 6.47. The minimum Gasteiger partial charge on any atom is -0.479 e. The summed E-state index contributed by atoms with van der Waals surface area (Å²) in [5.41, 5.74) is 0. The number of hydrogen-bond acceptors (Lipinski definition) is 4. The number of aliphatic hydroxyl groups excluding tert-OH is 1. The lowest BCUT2D eigenvalue weighted by Crippen LogP contribution is -2.35. The van der Waals surface area contributed by atoms with Crippen LogP contribution < -0.4 is 5.32 Å². The number of carboxylic acids is 1. The number of carbonyl (C=O) groups excluding carboxylic acids is 2. The van der Waals surface area contributed by atoms with Crippen LogP contribution in [0.5, 0.6) is 0 Å². The molecule has 1 aliphatic heterocycles. The molecule has 1 aliphatic carbocycles. The lowest BCUT2D eigenvalue weighted by molar-refractivity contribution is -0.147. The van der Waals surface area contributed by atoms with E-state index in [1.54, 1.807) is 4.90 Å². The average Bonchev–Trinajstić information content (AvgIpc) is 3.12. The van der Waals surface area contributed by atoms with E-state index in [2.05, 4.69) is 5.32 Å². The Morgan fingerprint density at radius 2 is 2.11 bits per heavy atom. The normalized spacial score (nSPS) is 24.4. The van der Waals surface area contributed by atoms with E-state index in [1.165, 1.54) is 0 Å². The molecule has 2 aliphatic rings. The van der Waals surface area contributed by atoms with Gasteiger partial charge in [-0.15, -0.1) is 0 Å². The molecule has 2 rings (SSSR count). The number of amides is 2. The molecule has 0 radical (unpaired) electrons. The monoisotopic (exact) mass is 270 g/mol. The summed E-state index contributed by atoms with van der Waals surface area (Å²) >= 11 is 0. The molecule has 0 bridgehead atoms. The second kappa shape index (κ2) is 5.56. The summed E-state index contributed by atoms with van der Waals surface area (Å²) in [7, 11) is 0. The third-order valence-corrected chi connectivity index (χ3v) is 3.52. The molecular weight excluding hydrogens is 252 g/mol. The van der Waals surface area contributed by atoms with Gasteiger partial charge in [0, 0.05) is 32.0 Å². The minimum atomic E-state index is -1.46. The van der Waals surface area contributed by atoms with Crippen LogP contribution in [0.2, 0.25) is 0 Å². The molecule has 3 N–H and O–H groups in total. The van der Waals surface area contributed by atoms with Gasteiger partial charge in [0.1, 0.15) is 0 Å². The van der Waals surface area contributed by atoms with Crippen molar-refractivity contribution in [3.05, 3.63) is 0 Å². The first-order chi connectivity index (χ1) is 8.99. The van der Waals surface area contributed by atoms with Crippen LogP contribution in [0.4, 0.5) is 0 Å². The van der Waals surface area contributed by atoms with Crippen LogP contribution in [-0.2, 0) is 14.4 Å². The SMILES string of the molecule is O=C(O)C(O)CCNC(=O)C1CC(=O)N(C2CC2)C1. The number of rotatable bonds is 6. The Bertz CT molecular complexity index is 394. The van der Waals surface area contributed by atoms with Gasteiger partial charge in [-0.25, -0.2) is 4.79 Å². The fraction of sp³-hybridized carbons (Fsp3) is 0.750. The highest BCUT2D eigenvalue weighted by Crippen LogP contribution is 2.32. The summed E-state index contributed by atoms with van der Waals surface area (Å²) in [6, 6.07) is 0.319. The zero-order valence-electron chi connectivity index (χ0n) is 10.5. The standard InChI is InChI=1S/C12H18N2O5/c15-9(12(18)19)3-4-13-11(17)7-5-10(16)14(6-7)8-1-2-8/h7-9,15H,1-6H2,(H,13,17)(H,18,19). The van der Waals surface area contributed by atoms with Gasteiger partial charge in [0.25, 0.3) is 0 Å². The number of aliphatic carboxylic acids is 1. The van der Waals surface area contributed by atoms with Crippen molar-refractivity contribution in [2.24, 2.45) is 5.92 Å². The van der Waals surface area contributed by atoms with Crippen molar-refractivity contribution in [2.75, 3.05) is 13.1 Å². The predicted molar refractivity (Wildman–Crippen MR) is 64.1 cm³/mol. The fourth-order valence-corrected chi connectivity index (χ4v) is 2.25. The molecule has 7 nitrogen and oxygen atoms in total. The number of likely N-dealkylation sites (tertiary alicyclic amines) is 1. The van der Waals surface area contributed by atoms with Gasteiger partial charge in [-0.2, -0.15) is 0 Å². The van der Waals surface area contributed by atoms with Gasteiger partial charge < -0.3 is 20.4 Å². The second-order valence-corrected chi connectivity index (χ2v) is 5.11. The van der Waals surface area contributed by atoms with Crippen LogP contribution >= 0.6 is 0 Å². The summed E-state index contributed by atoms with van der Waals surface area (Å²) in [5, 5.41) is 20.1. The van der Waals surface area contributed by atoms with Crippen molar-refractivity contribution in [1.29, 1.82) is 0 Å². The van der Waals surface area contributed by atoms with E-state index in [0.29, 0.717) is 12.6 Å². The van der Waals surface area contributed by atoms with Crippen molar-refractivity contribution in [3.63, 3.8) is 0 Å². The van der Waals surface area contributed by atoms with E-state index in [4.69, 9.17) is 10.2 Å². The molecule has 0 aromatic heterocycles. The summed E-state index contributed by atoms with van der Waals surface area (Å²) in [6.45, 7) is 0.553. The molecule has 1 saturated heterocycles. The molecule has 106 valence electrons. The van der Waals surface area contributed by atoms with Crippen molar-refractivity contribution in [3.8, 4) is 0 Å². The molecule has 2 unspecified atom stereocenters. The lowest BCUT2D eigenvalue weighted by Gasteiger charge is -2.15. The molecule has 2 fully saturated rings. The quantitative estimate of drug-likeness (QED) is 0.571. The third kappa shape index (κ3) is 3.44. The number of carbonyl (C=O) groups is 3. The van der Waals surface area contributed by atoms with Gasteiger partial charge in [-0.3, -0.25) is 9.59 Å². The maximum absolute atomic E-state index is 11.8. The van der Waals surface area contributed by atoms with Crippen LogP contribution in [0.3, 0.4) is 0 Å². The Labute approximate surface area is 110 Å². The van der Waals surface area contributed by atoms with Crippen molar-refractivity contribution in [1.82, 2.24) is 10.2 Å². The number of aliphatic hydroxyl groups is 1. The van der Waals surface area contributed by atoms with Crippen LogP contribution in [0.1, 0.15) is 25.7 Å². The molecule has 19 heavy (non-hydrogen) atoms. The molecule has 2 amide bonds. The molecule has 1 heterocycles. The number of nitrogens with zero attached hydrogens (tertiary/aromatic N) is 1. The van der Waals surface area contributed by atoms with Crippen LogP contribution in [0, 0.1) is 5.92 Å². The molecule has 0 aromatic carbocycles. The highest BCUT2D eigenvalue weighted by atomic mass is 16.4. The number of nitrogens with one attached hydrogen (secondary N) is 1. The lowest BCUT2D eigenvalue weighted by atomic mass is 10.1. The molecular formula is C12H18N2O5.